The predicted molar refractivity (Wildman–Crippen MR) is 75.7 cm³/mol. The Morgan fingerprint density at radius 2 is 1.93 bits per heavy atom. The SMILES string of the molecule is C=C/C(C)=C/CCC[C@H]1C(C)(C)C1(Br)Br. The van der Waals surface area contributed by atoms with Crippen molar-refractivity contribution >= 4 is 31.9 Å². The lowest BCUT2D eigenvalue weighted by molar-refractivity contribution is 0.520. The van der Waals surface area contributed by atoms with Crippen LogP contribution < -0.4 is 0 Å². The number of halogens is 2. The van der Waals surface area contributed by atoms with Crippen LogP contribution in [0.5, 0.6) is 0 Å². The van der Waals surface area contributed by atoms with Gasteiger partial charge in [-0.3, -0.25) is 0 Å². The average molecular weight is 336 g/mol. The summed E-state index contributed by atoms with van der Waals surface area (Å²) in [4.78, 5) is 0. The molecule has 1 aliphatic carbocycles. The Morgan fingerprint density at radius 1 is 1.40 bits per heavy atom. The van der Waals surface area contributed by atoms with Gasteiger partial charge in [0.05, 0.1) is 3.23 Å². The fourth-order valence-electron chi connectivity index (χ4n) is 2.03. The van der Waals surface area contributed by atoms with Gasteiger partial charge in [0.25, 0.3) is 0 Å². The summed E-state index contributed by atoms with van der Waals surface area (Å²) in [6.45, 7) is 10.5. The van der Waals surface area contributed by atoms with Gasteiger partial charge in [-0.1, -0.05) is 70.0 Å². The third kappa shape index (κ3) is 2.76. The number of hydrogen-bond donors (Lipinski definition) is 0. The molecule has 0 nitrogen and oxygen atoms in total. The molecule has 1 atom stereocenters. The van der Waals surface area contributed by atoms with E-state index >= 15 is 0 Å². The molecule has 0 aliphatic heterocycles. The molecule has 1 fully saturated rings. The zero-order valence-electron chi connectivity index (χ0n) is 9.82. The van der Waals surface area contributed by atoms with Crippen molar-refractivity contribution in [1.29, 1.82) is 0 Å². The maximum atomic E-state index is 3.75. The maximum absolute atomic E-state index is 3.75. The first-order valence-corrected chi connectivity index (χ1v) is 7.09. The number of unbranched alkanes of at least 4 members (excludes halogenated alkanes) is 1. The van der Waals surface area contributed by atoms with Crippen LogP contribution in [0.3, 0.4) is 0 Å². The van der Waals surface area contributed by atoms with Crippen LogP contribution in [0.4, 0.5) is 0 Å². The fourth-order valence-corrected chi connectivity index (χ4v) is 3.96. The van der Waals surface area contributed by atoms with E-state index in [1.54, 1.807) is 0 Å². The summed E-state index contributed by atoms with van der Waals surface area (Å²) in [5.74, 6) is 0.752. The van der Waals surface area contributed by atoms with Gasteiger partial charge in [0.1, 0.15) is 0 Å². The standard InChI is InChI=1S/C13H20Br2/c1-5-10(2)8-6-7-9-11-12(3,4)13(11,14)15/h5,8,11H,1,6-7,9H2,2-4H3/b10-8+/t11-/m0/s1. The summed E-state index contributed by atoms with van der Waals surface area (Å²) < 4.78 is 0.185. The van der Waals surface area contributed by atoms with Crippen LogP contribution in [0.15, 0.2) is 24.3 Å². The minimum absolute atomic E-state index is 0.185. The highest BCUT2D eigenvalue weighted by molar-refractivity contribution is 9.25. The molecule has 0 aromatic heterocycles. The average Bonchev–Trinajstić information content (AvgIpc) is 2.53. The van der Waals surface area contributed by atoms with Crippen LogP contribution in [0.1, 0.15) is 40.0 Å². The molecule has 0 aromatic rings. The molecule has 0 bridgehead atoms. The van der Waals surface area contributed by atoms with Gasteiger partial charge in [0.15, 0.2) is 0 Å². The van der Waals surface area contributed by atoms with E-state index in [2.05, 4.69) is 65.3 Å². The van der Waals surface area contributed by atoms with E-state index in [1.807, 2.05) is 6.08 Å². The third-order valence-electron chi connectivity index (χ3n) is 3.57. The van der Waals surface area contributed by atoms with Gasteiger partial charge in [-0.25, -0.2) is 0 Å². The Hall–Kier alpha value is 0.440. The molecular formula is C13H20Br2. The van der Waals surface area contributed by atoms with Gasteiger partial charge < -0.3 is 0 Å². The second kappa shape index (κ2) is 4.75. The molecule has 0 N–H and O–H groups in total. The lowest BCUT2D eigenvalue weighted by Crippen LogP contribution is -1.94. The van der Waals surface area contributed by atoms with Crippen molar-refractivity contribution < 1.29 is 0 Å². The molecule has 1 rings (SSSR count). The van der Waals surface area contributed by atoms with Gasteiger partial charge in [-0.05, 0) is 37.5 Å². The maximum Gasteiger partial charge on any atom is 0.0893 e. The topological polar surface area (TPSA) is 0 Å². The number of hydrogen-bond acceptors (Lipinski definition) is 0. The normalized spacial score (nSPS) is 27.5. The smallest absolute Gasteiger partial charge is 0.0893 e. The molecule has 0 spiro atoms. The van der Waals surface area contributed by atoms with Crippen LogP contribution in [0.2, 0.25) is 0 Å². The second-order valence-corrected chi connectivity index (χ2v) is 8.55. The van der Waals surface area contributed by atoms with Gasteiger partial charge >= 0.3 is 0 Å². The lowest BCUT2D eigenvalue weighted by Gasteiger charge is -2.00. The van der Waals surface area contributed by atoms with Crippen molar-refractivity contribution in [1.82, 2.24) is 0 Å². The van der Waals surface area contributed by atoms with Gasteiger partial charge in [0.2, 0.25) is 0 Å². The molecule has 1 aliphatic rings. The summed E-state index contributed by atoms with van der Waals surface area (Å²) >= 11 is 7.51. The molecule has 1 saturated carbocycles. The van der Waals surface area contributed by atoms with Crippen molar-refractivity contribution in [3.8, 4) is 0 Å². The summed E-state index contributed by atoms with van der Waals surface area (Å²) in [5, 5.41) is 0. The Kier molecular flexibility index (Phi) is 4.27. The predicted octanol–water partition coefficient (Wildman–Crippen LogP) is 5.43. The van der Waals surface area contributed by atoms with Crippen LogP contribution in [0, 0.1) is 11.3 Å². The highest BCUT2D eigenvalue weighted by Gasteiger charge is 2.67. The molecule has 0 heterocycles. The van der Waals surface area contributed by atoms with Gasteiger partial charge in [0, 0.05) is 0 Å². The van der Waals surface area contributed by atoms with Crippen LogP contribution in [-0.4, -0.2) is 3.23 Å². The summed E-state index contributed by atoms with van der Waals surface area (Å²) in [6.07, 6.45) is 7.90. The first-order chi connectivity index (χ1) is 6.84. The fraction of sp³-hybridized carbons (Fsp3) is 0.692. The minimum atomic E-state index is 0.185. The highest BCUT2D eigenvalue weighted by atomic mass is 79.9. The molecule has 0 amide bonds. The van der Waals surface area contributed by atoms with E-state index in [0.717, 1.165) is 5.92 Å². The monoisotopic (exact) mass is 334 g/mol. The Bertz CT molecular complexity index is 260. The van der Waals surface area contributed by atoms with E-state index in [4.69, 9.17) is 0 Å². The largest absolute Gasteiger partial charge is 0.0988 e. The molecule has 0 radical (unpaired) electrons. The number of rotatable bonds is 5. The first-order valence-electron chi connectivity index (χ1n) is 5.51. The van der Waals surface area contributed by atoms with Gasteiger partial charge in [-0.2, -0.15) is 0 Å². The van der Waals surface area contributed by atoms with Crippen molar-refractivity contribution in [2.45, 2.75) is 43.3 Å². The molecular weight excluding hydrogens is 316 g/mol. The van der Waals surface area contributed by atoms with E-state index in [0.29, 0.717) is 5.41 Å². The molecule has 0 aromatic carbocycles. The number of allylic oxidation sites excluding steroid dienone is 3. The van der Waals surface area contributed by atoms with Crippen LogP contribution in [-0.2, 0) is 0 Å². The molecule has 2 heteroatoms. The van der Waals surface area contributed by atoms with Crippen molar-refractivity contribution in [2.24, 2.45) is 11.3 Å². The third-order valence-corrected chi connectivity index (χ3v) is 6.72. The Balaban J connectivity index is 2.27. The zero-order chi connectivity index (χ0) is 11.7. The summed E-state index contributed by atoms with van der Waals surface area (Å²) in [5.41, 5.74) is 1.68. The summed E-state index contributed by atoms with van der Waals surface area (Å²) in [7, 11) is 0. The Morgan fingerprint density at radius 3 is 2.33 bits per heavy atom. The van der Waals surface area contributed by atoms with Gasteiger partial charge in [-0.15, -0.1) is 0 Å². The minimum Gasteiger partial charge on any atom is -0.0988 e. The summed E-state index contributed by atoms with van der Waals surface area (Å²) in [6, 6.07) is 0. The van der Waals surface area contributed by atoms with E-state index in [9.17, 15) is 0 Å². The van der Waals surface area contributed by atoms with Crippen LogP contribution >= 0.6 is 31.9 Å². The molecule has 15 heavy (non-hydrogen) atoms. The highest BCUT2D eigenvalue weighted by Crippen LogP contribution is 2.72. The van der Waals surface area contributed by atoms with Crippen molar-refractivity contribution in [2.75, 3.05) is 0 Å². The van der Waals surface area contributed by atoms with Crippen LogP contribution in [0.25, 0.3) is 0 Å². The first kappa shape index (κ1) is 13.5. The van der Waals surface area contributed by atoms with E-state index in [-0.39, 0.29) is 3.23 Å². The van der Waals surface area contributed by atoms with E-state index in [1.165, 1.54) is 24.8 Å². The van der Waals surface area contributed by atoms with Crippen molar-refractivity contribution in [3.63, 3.8) is 0 Å². The quantitative estimate of drug-likeness (QED) is 0.357. The van der Waals surface area contributed by atoms with Crippen molar-refractivity contribution in [3.05, 3.63) is 24.3 Å². The molecule has 0 saturated heterocycles. The Labute approximate surface area is 110 Å². The zero-order valence-corrected chi connectivity index (χ0v) is 13.0. The molecule has 0 unspecified atom stereocenters. The molecule has 86 valence electrons. The number of alkyl halides is 2. The second-order valence-electron chi connectivity index (χ2n) is 4.98. The lowest BCUT2D eigenvalue weighted by atomic mass is 10.0. The van der Waals surface area contributed by atoms with E-state index < -0.39 is 0 Å².